The first-order valence-corrected chi connectivity index (χ1v) is 7.41. The zero-order chi connectivity index (χ0) is 14.2. The molecule has 1 N–H and O–H groups in total. The van der Waals surface area contributed by atoms with Gasteiger partial charge in [0.2, 0.25) is 5.91 Å². The second-order valence-corrected chi connectivity index (χ2v) is 5.22. The molecule has 110 valence electrons. The fraction of sp³-hybridized carbons (Fsp3) is 0.562. The van der Waals surface area contributed by atoms with Crippen molar-refractivity contribution in [1.29, 1.82) is 0 Å². The van der Waals surface area contributed by atoms with Gasteiger partial charge in [-0.15, -0.1) is 0 Å². The summed E-state index contributed by atoms with van der Waals surface area (Å²) in [5.74, 6) is 1.19. The van der Waals surface area contributed by atoms with E-state index in [-0.39, 0.29) is 0 Å². The molecule has 0 aromatic heterocycles. The summed E-state index contributed by atoms with van der Waals surface area (Å²) in [6.07, 6.45) is 4.09. The molecule has 1 aliphatic rings. The summed E-state index contributed by atoms with van der Waals surface area (Å²) in [7, 11) is 1.68. The third-order valence-corrected chi connectivity index (χ3v) is 3.69. The first-order valence-electron chi connectivity index (χ1n) is 7.41. The Morgan fingerprint density at radius 2 is 2.20 bits per heavy atom. The van der Waals surface area contributed by atoms with Crippen LogP contribution in [0.25, 0.3) is 0 Å². The summed E-state index contributed by atoms with van der Waals surface area (Å²) in [6.45, 7) is 3.37. The van der Waals surface area contributed by atoms with Crippen molar-refractivity contribution in [2.75, 3.05) is 26.7 Å². The fourth-order valence-corrected chi connectivity index (χ4v) is 2.50. The molecule has 4 heteroatoms. The van der Waals surface area contributed by atoms with Crippen molar-refractivity contribution in [1.82, 2.24) is 10.2 Å². The molecule has 0 bridgehead atoms. The first-order chi connectivity index (χ1) is 9.79. The summed E-state index contributed by atoms with van der Waals surface area (Å²) in [5.41, 5.74) is 1.20. The predicted octanol–water partition coefficient (Wildman–Crippen LogP) is 2.19. The van der Waals surface area contributed by atoms with Gasteiger partial charge in [0.15, 0.2) is 0 Å². The summed E-state index contributed by atoms with van der Waals surface area (Å²) in [5, 5.41) is 3.39. The van der Waals surface area contributed by atoms with Gasteiger partial charge in [0.25, 0.3) is 0 Å². The van der Waals surface area contributed by atoms with Crippen LogP contribution in [-0.2, 0) is 11.3 Å². The topological polar surface area (TPSA) is 41.6 Å². The van der Waals surface area contributed by atoms with Crippen LogP contribution in [0.15, 0.2) is 24.3 Å². The minimum atomic E-state index is 0.311. The zero-order valence-corrected chi connectivity index (χ0v) is 12.2. The molecule has 20 heavy (non-hydrogen) atoms. The Balaban J connectivity index is 1.71. The molecule has 1 amide bonds. The summed E-state index contributed by atoms with van der Waals surface area (Å²) >= 11 is 0. The monoisotopic (exact) mass is 276 g/mol. The summed E-state index contributed by atoms with van der Waals surface area (Å²) in [6, 6.07) is 8.05. The van der Waals surface area contributed by atoms with E-state index in [1.54, 1.807) is 7.11 Å². The Morgan fingerprint density at radius 1 is 1.30 bits per heavy atom. The van der Waals surface area contributed by atoms with E-state index in [1.165, 1.54) is 12.0 Å². The Morgan fingerprint density at radius 3 is 3.05 bits per heavy atom. The number of hydrogen-bond donors (Lipinski definition) is 1. The molecule has 0 unspecified atom stereocenters. The van der Waals surface area contributed by atoms with Gasteiger partial charge in [0.1, 0.15) is 5.75 Å². The Kier molecular flexibility index (Phi) is 5.87. The number of rotatable bonds is 6. The van der Waals surface area contributed by atoms with E-state index in [0.29, 0.717) is 5.91 Å². The van der Waals surface area contributed by atoms with Crippen molar-refractivity contribution >= 4 is 5.91 Å². The number of hydrogen-bond acceptors (Lipinski definition) is 3. The number of amides is 1. The quantitative estimate of drug-likeness (QED) is 0.810. The van der Waals surface area contributed by atoms with Crippen molar-refractivity contribution in [3.63, 3.8) is 0 Å². The van der Waals surface area contributed by atoms with Gasteiger partial charge < -0.3 is 15.0 Å². The van der Waals surface area contributed by atoms with Crippen molar-refractivity contribution in [2.45, 2.75) is 32.2 Å². The number of carbonyl (C=O) groups excluding carboxylic acids is 1. The van der Waals surface area contributed by atoms with Gasteiger partial charge in [-0.25, -0.2) is 0 Å². The average Bonchev–Trinajstić information content (AvgIpc) is 2.69. The van der Waals surface area contributed by atoms with Gasteiger partial charge in [-0.05, 0) is 30.5 Å². The van der Waals surface area contributed by atoms with Crippen LogP contribution in [0.5, 0.6) is 5.75 Å². The number of nitrogens with zero attached hydrogens (tertiary/aromatic N) is 1. The SMILES string of the molecule is COc1cccc(CNCCN2CCCCCC2=O)c1. The Bertz CT molecular complexity index is 434. The van der Waals surface area contributed by atoms with E-state index >= 15 is 0 Å². The van der Waals surface area contributed by atoms with Gasteiger partial charge in [0, 0.05) is 32.6 Å². The molecule has 0 aliphatic carbocycles. The van der Waals surface area contributed by atoms with Crippen LogP contribution in [0.4, 0.5) is 0 Å². The predicted molar refractivity (Wildman–Crippen MR) is 79.7 cm³/mol. The van der Waals surface area contributed by atoms with Gasteiger partial charge in [0.05, 0.1) is 7.11 Å². The Hall–Kier alpha value is -1.55. The number of methoxy groups -OCH3 is 1. The maximum Gasteiger partial charge on any atom is 0.222 e. The highest BCUT2D eigenvalue weighted by Crippen LogP contribution is 2.12. The smallest absolute Gasteiger partial charge is 0.222 e. The normalized spacial score (nSPS) is 16.1. The maximum absolute atomic E-state index is 11.8. The number of ether oxygens (including phenoxy) is 1. The number of nitrogens with one attached hydrogen (secondary N) is 1. The van der Waals surface area contributed by atoms with E-state index < -0.39 is 0 Å². The van der Waals surface area contributed by atoms with E-state index in [2.05, 4.69) is 11.4 Å². The summed E-state index contributed by atoms with van der Waals surface area (Å²) < 4.78 is 5.20. The van der Waals surface area contributed by atoms with Crippen molar-refractivity contribution in [2.24, 2.45) is 0 Å². The van der Waals surface area contributed by atoms with E-state index in [4.69, 9.17) is 4.74 Å². The Labute approximate surface area is 121 Å². The molecule has 0 spiro atoms. The molecule has 1 aromatic carbocycles. The van der Waals surface area contributed by atoms with Crippen LogP contribution in [0.1, 0.15) is 31.2 Å². The third-order valence-electron chi connectivity index (χ3n) is 3.69. The van der Waals surface area contributed by atoms with Gasteiger partial charge in [-0.1, -0.05) is 18.6 Å². The highest BCUT2D eigenvalue weighted by molar-refractivity contribution is 5.76. The third kappa shape index (κ3) is 4.53. The highest BCUT2D eigenvalue weighted by atomic mass is 16.5. The van der Waals surface area contributed by atoms with Crippen molar-refractivity contribution < 1.29 is 9.53 Å². The second kappa shape index (κ2) is 7.90. The average molecular weight is 276 g/mol. The first kappa shape index (κ1) is 14.9. The standard InChI is InChI=1S/C16H24N2O2/c1-20-15-7-5-6-14(12-15)13-17-9-11-18-10-4-2-3-8-16(18)19/h5-7,12,17H,2-4,8-11,13H2,1H3. The van der Waals surface area contributed by atoms with Crippen LogP contribution in [0.2, 0.25) is 0 Å². The van der Waals surface area contributed by atoms with Crippen LogP contribution in [0.3, 0.4) is 0 Å². The molecule has 1 saturated heterocycles. The van der Waals surface area contributed by atoms with Crippen molar-refractivity contribution in [3.8, 4) is 5.75 Å². The molecule has 0 atom stereocenters. The minimum absolute atomic E-state index is 0.311. The van der Waals surface area contributed by atoms with E-state index in [1.807, 2.05) is 23.1 Å². The van der Waals surface area contributed by atoms with Crippen LogP contribution in [-0.4, -0.2) is 37.6 Å². The lowest BCUT2D eigenvalue weighted by Gasteiger charge is -2.20. The molecule has 1 aromatic rings. The van der Waals surface area contributed by atoms with Crippen LogP contribution in [0, 0.1) is 0 Å². The van der Waals surface area contributed by atoms with Crippen molar-refractivity contribution in [3.05, 3.63) is 29.8 Å². The van der Waals surface area contributed by atoms with Gasteiger partial charge in [-0.2, -0.15) is 0 Å². The second-order valence-electron chi connectivity index (χ2n) is 5.22. The van der Waals surface area contributed by atoms with Crippen LogP contribution >= 0.6 is 0 Å². The number of likely N-dealkylation sites (tertiary alicyclic amines) is 1. The lowest BCUT2D eigenvalue weighted by molar-refractivity contribution is -0.130. The number of carbonyl (C=O) groups is 1. The molecule has 1 aliphatic heterocycles. The molecular formula is C16H24N2O2. The fourth-order valence-electron chi connectivity index (χ4n) is 2.50. The van der Waals surface area contributed by atoms with E-state index in [9.17, 15) is 4.79 Å². The highest BCUT2D eigenvalue weighted by Gasteiger charge is 2.15. The largest absolute Gasteiger partial charge is 0.497 e. The van der Waals surface area contributed by atoms with Gasteiger partial charge in [-0.3, -0.25) is 4.79 Å². The molecular weight excluding hydrogens is 252 g/mol. The maximum atomic E-state index is 11.8. The lowest BCUT2D eigenvalue weighted by Crippen LogP contribution is -2.36. The molecule has 0 saturated carbocycles. The molecule has 1 fully saturated rings. The molecule has 1 heterocycles. The molecule has 2 rings (SSSR count). The van der Waals surface area contributed by atoms with E-state index in [0.717, 1.165) is 51.2 Å². The zero-order valence-electron chi connectivity index (χ0n) is 12.2. The van der Waals surface area contributed by atoms with Gasteiger partial charge >= 0.3 is 0 Å². The number of benzene rings is 1. The minimum Gasteiger partial charge on any atom is -0.497 e. The lowest BCUT2D eigenvalue weighted by atomic mass is 10.2. The van der Waals surface area contributed by atoms with Crippen LogP contribution < -0.4 is 10.1 Å². The molecule has 4 nitrogen and oxygen atoms in total. The molecule has 0 radical (unpaired) electrons. The summed E-state index contributed by atoms with van der Waals surface area (Å²) in [4.78, 5) is 13.8.